The number of benzene rings is 2. The molecule has 6 nitrogen and oxygen atoms in total. The summed E-state index contributed by atoms with van der Waals surface area (Å²) in [6.45, 7) is 7.29. The number of nitrogens with one attached hydrogen (secondary N) is 2. The highest BCUT2D eigenvalue weighted by Crippen LogP contribution is 2.43. The quantitative estimate of drug-likeness (QED) is 0.375. The van der Waals surface area contributed by atoms with E-state index in [-0.39, 0.29) is 23.8 Å². The molecule has 0 aromatic heterocycles. The number of nitriles is 1. The van der Waals surface area contributed by atoms with Crippen LogP contribution in [0.15, 0.2) is 83.1 Å². The van der Waals surface area contributed by atoms with Crippen LogP contribution in [0.3, 0.4) is 0 Å². The molecule has 2 N–H and O–H groups in total. The number of hydrogen-bond donors (Lipinski definition) is 2. The third kappa shape index (κ3) is 5.90. The highest BCUT2D eigenvalue weighted by Gasteiger charge is 2.36. The van der Waals surface area contributed by atoms with Crippen molar-refractivity contribution in [3.63, 3.8) is 0 Å². The lowest BCUT2D eigenvalue weighted by Gasteiger charge is -2.29. The molecular formula is C26H24ClN3O3S. The number of allylic oxidation sites excluding steroid dienone is 2. The number of halogens is 1. The molecule has 0 bridgehead atoms. The molecule has 174 valence electrons. The first-order valence-electron chi connectivity index (χ1n) is 10.5. The van der Waals surface area contributed by atoms with Crippen molar-refractivity contribution in [2.75, 3.05) is 17.7 Å². The number of thioether (sulfide) groups is 1. The number of carbonyl (C=O) groups is 2. The number of rotatable bonds is 8. The van der Waals surface area contributed by atoms with Crippen molar-refractivity contribution in [1.29, 1.82) is 5.26 Å². The number of ether oxygens (including phenoxy) is 1. The maximum atomic E-state index is 12.9. The maximum Gasteiger partial charge on any atom is 0.337 e. The molecule has 1 aliphatic rings. The summed E-state index contributed by atoms with van der Waals surface area (Å²) in [6.07, 6.45) is 1.48. The summed E-state index contributed by atoms with van der Waals surface area (Å²) in [7, 11) is 0. The van der Waals surface area contributed by atoms with Crippen molar-refractivity contribution >= 4 is 40.9 Å². The average Bonchev–Trinajstić information content (AvgIpc) is 2.81. The number of amides is 1. The van der Waals surface area contributed by atoms with Gasteiger partial charge in [-0.25, -0.2) is 4.79 Å². The lowest BCUT2D eigenvalue weighted by atomic mass is 9.82. The van der Waals surface area contributed by atoms with Gasteiger partial charge in [0.05, 0.1) is 33.9 Å². The second kappa shape index (κ2) is 11.6. The van der Waals surface area contributed by atoms with Gasteiger partial charge in [-0.1, -0.05) is 66.3 Å². The molecule has 34 heavy (non-hydrogen) atoms. The van der Waals surface area contributed by atoms with Crippen LogP contribution in [-0.2, 0) is 14.3 Å². The summed E-state index contributed by atoms with van der Waals surface area (Å²) in [6, 6.07) is 16.8. The first-order valence-corrected chi connectivity index (χ1v) is 11.9. The van der Waals surface area contributed by atoms with Crippen LogP contribution in [0.2, 0.25) is 5.02 Å². The summed E-state index contributed by atoms with van der Waals surface area (Å²) in [5.41, 5.74) is 3.45. The molecule has 1 aliphatic heterocycles. The van der Waals surface area contributed by atoms with E-state index < -0.39 is 11.9 Å². The topological polar surface area (TPSA) is 91.2 Å². The highest BCUT2D eigenvalue weighted by molar-refractivity contribution is 8.03. The van der Waals surface area contributed by atoms with Crippen LogP contribution in [0.4, 0.5) is 5.69 Å². The molecule has 0 saturated carbocycles. The number of hydrogen-bond acceptors (Lipinski definition) is 6. The highest BCUT2D eigenvalue weighted by atomic mass is 35.5. The Balaban J connectivity index is 1.92. The van der Waals surface area contributed by atoms with Crippen molar-refractivity contribution in [3.8, 4) is 6.07 Å². The zero-order valence-electron chi connectivity index (χ0n) is 18.9. The van der Waals surface area contributed by atoms with Crippen LogP contribution in [-0.4, -0.2) is 24.2 Å². The number of esters is 1. The Kier molecular flexibility index (Phi) is 8.58. The van der Waals surface area contributed by atoms with Crippen LogP contribution >= 0.6 is 23.4 Å². The summed E-state index contributed by atoms with van der Waals surface area (Å²) < 4.78 is 5.29. The fourth-order valence-electron chi connectivity index (χ4n) is 3.59. The smallest absolute Gasteiger partial charge is 0.337 e. The number of carbonyl (C=O) groups excluding carboxylic acids is 2. The van der Waals surface area contributed by atoms with Gasteiger partial charge in [0, 0.05) is 16.4 Å². The van der Waals surface area contributed by atoms with Crippen LogP contribution in [0.5, 0.6) is 0 Å². The fourth-order valence-corrected chi connectivity index (χ4v) is 4.72. The molecule has 1 heterocycles. The Hall–Kier alpha value is -3.47. The van der Waals surface area contributed by atoms with Crippen LogP contribution in [0, 0.1) is 18.3 Å². The normalized spacial score (nSPS) is 15.3. The van der Waals surface area contributed by atoms with Gasteiger partial charge >= 0.3 is 5.97 Å². The summed E-state index contributed by atoms with van der Waals surface area (Å²) in [5.74, 6) is -1.45. The van der Waals surface area contributed by atoms with Crippen LogP contribution in [0.1, 0.15) is 24.0 Å². The molecule has 2 aromatic rings. The van der Waals surface area contributed by atoms with Gasteiger partial charge in [-0.15, -0.1) is 0 Å². The largest absolute Gasteiger partial charge is 0.458 e. The zero-order chi connectivity index (χ0) is 24.7. The molecular weight excluding hydrogens is 470 g/mol. The van der Waals surface area contributed by atoms with Crippen LogP contribution < -0.4 is 10.6 Å². The summed E-state index contributed by atoms with van der Waals surface area (Å²) >= 11 is 7.66. The average molecular weight is 494 g/mol. The lowest BCUT2D eigenvalue weighted by Crippen LogP contribution is -2.29. The van der Waals surface area contributed by atoms with Gasteiger partial charge in [-0.05, 0) is 43.2 Å². The fraction of sp³-hybridized carbons (Fsp3) is 0.192. The molecule has 0 saturated heterocycles. The molecule has 2 aromatic carbocycles. The Morgan fingerprint density at radius 2 is 2.03 bits per heavy atom. The molecule has 0 spiro atoms. The lowest BCUT2D eigenvalue weighted by molar-refractivity contribution is -0.138. The molecule has 8 heteroatoms. The second-order valence-corrected chi connectivity index (χ2v) is 8.96. The molecule has 1 atom stereocenters. The van der Waals surface area contributed by atoms with E-state index in [1.165, 1.54) is 17.8 Å². The summed E-state index contributed by atoms with van der Waals surface area (Å²) in [5, 5.41) is 17.0. The standard InChI is InChI=1S/C26H24ClN3O3S/c1-4-12-33-26(32)23-17(3)29-25(20(14-28)24(23)19-10-5-6-11-21(19)27)34-15-22(31)30-18-9-7-8-16(2)13-18/h4-11,13,24,29H,1,12,15H2,2-3H3,(H,30,31). The number of nitrogens with zero attached hydrogens (tertiary/aromatic N) is 1. The van der Waals surface area contributed by atoms with E-state index in [0.29, 0.717) is 32.6 Å². The Morgan fingerprint density at radius 1 is 1.26 bits per heavy atom. The second-order valence-electron chi connectivity index (χ2n) is 7.57. The predicted molar refractivity (Wildman–Crippen MR) is 136 cm³/mol. The summed E-state index contributed by atoms with van der Waals surface area (Å²) in [4.78, 5) is 25.5. The van der Waals surface area contributed by atoms with Gasteiger partial charge in [-0.3, -0.25) is 4.79 Å². The Morgan fingerprint density at radius 3 is 2.71 bits per heavy atom. The van der Waals surface area contributed by atoms with E-state index in [4.69, 9.17) is 16.3 Å². The maximum absolute atomic E-state index is 12.9. The van der Waals surface area contributed by atoms with E-state index in [2.05, 4.69) is 23.3 Å². The third-order valence-electron chi connectivity index (χ3n) is 5.07. The van der Waals surface area contributed by atoms with Gasteiger partial charge in [0.15, 0.2) is 0 Å². The van der Waals surface area contributed by atoms with Crippen molar-refractivity contribution < 1.29 is 14.3 Å². The minimum Gasteiger partial charge on any atom is -0.458 e. The first-order chi connectivity index (χ1) is 16.3. The number of anilines is 1. The van der Waals surface area contributed by atoms with Crippen LogP contribution in [0.25, 0.3) is 0 Å². The molecule has 1 unspecified atom stereocenters. The Bertz CT molecular complexity index is 1230. The zero-order valence-corrected chi connectivity index (χ0v) is 20.4. The van der Waals surface area contributed by atoms with Crippen molar-refractivity contribution in [2.45, 2.75) is 19.8 Å². The van der Waals surface area contributed by atoms with Crippen molar-refractivity contribution in [3.05, 3.63) is 99.2 Å². The van der Waals surface area contributed by atoms with E-state index in [1.807, 2.05) is 31.2 Å². The number of aryl methyl sites for hydroxylation is 1. The first kappa shape index (κ1) is 25.2. The molecule has 1 amide bonds. The van der Waals surface area contributed by atoms with Crippen molar-refractivity contribution in [1.82, 2.24) is 5.32 Å². The van der Waals surface area contributed by atoms with Gasteiger partial charge in [-0.2, -0.15) is 5.26 Å². The molecule has 0 radical (unpaired) electrons. The molecule has 0 fully saturated rings. The van der Waals surface area contributed by atoms with Gasteiger partial charge in [0.25, 0.3) is 0 Å². The number of dihydropyridines is 1. The minimum atomic E-state index is -0.736. The third-order valence-corrected chi connectivity index (χ3v) is 6.43. The van der Waals surface area contributed by atoms with E-state index in [0.717, 1.165) is 5.56 Å². The molecule has 0 aliphatic carbocycles. The monoisotopic (exact) mass is 493 g/mol. The minimum absolute atomic E-state index is 0.0389. The SMILES string of the molecule is C=CCOC(=O)C1=C(C)NC(SCC(=O)Nc2cccc(C)c2)=C(C#N)C1c1ccccc1Cl. The van der Waals surface area contributed by atoms with Crippen molar-refractivity contribution in [2.24, 2.45) is 0 Å². The van der Waals surface area contributed by atoms with Gasteiger partial charge in [0.1, 0.15) is 6.61 Å². The Labute approximate surface area is 208 Å². The molecule has 3 rings (SSSR count). The predicted octanol–water partition coefficient (Wildman–Crippen LogP) is 5.45. The van der Waals surface area contributed by atoms with E-state index in [1.54, 1.807) is 31.2 Å². The van der Waals surface area contributed by atoms with E-state index >= 15 is 0 Å². The van der Waals surface area contributed by atoms with Gasteiger partial charge in [0.2, 0.25) is 5.91 Å². The van der Waals surface area contributed by atoms with E-state index in [9.17, 15) is 14.9 Å². The van der Waals surface area contributed by atoms with Gasteiger partial charge < -0.3 is 15.4 Å².